The number of piperidine rings is 1. The maximum atomic E-state index is 13.2. The van der Waals surface area contributed by atoms with Gasteiger partial charge in [-0.05, 0) is 74.3 Å². The van der Waals surface area contributed by atoms with E-state index in [1.165, 1.54) is 12.1 Å². The summed E-state index contributed by atoms with van der Waals surface area (Å²) in [6.45, 7) is 2.22. The van der Waals surface area contributed by atoms with Gasteiger partial charge in [-0.3, -0.25) is 4.98 Å². The van der Waals surface area contributed by atoms with Crippen molar-refractivity contribution in [1.82, 2.24) is 9.88 Å². The summed E-state index contributed by atoms with van der Waals surface area (Å²) >= 11 is 6.10. The molecule has 1 aliphatic rings. The maximum Gasteiger partial charge on any atom is 0.181 e. The van der Waals surface area contributed by atoms with Crippen LogP contribution >= 0.6 is 11.6 Å². The monoisotopic (exact) mass is 432 g/mol. The topological polar surface area (TPSA) is 50.3 Å². The Bertz CT molecular complexity index is 1130. The zero-order valence-electron chi connectivity index (χ0n) is 15.9. The van der Waals surface area contributed by atoms with E-state index in [0.29, 0.717) is 29.2 Å². The normalized spacial score (nSPS) is 16.3. The minimum atomic E-state index is -3.37. The van der Waals surface area contributed by atoms with Gasteiger partial charge in [0.2, 0.25) is 0 Å². The third-order valence-corrected chi connectivity index (χ3v) is 8.20. The van der Waals surface area contributed by atoms with Gasteiger partial charge in [0.25, 0.3) is 0 Å². The predicted molar refractivity (Wildman–Crippen MR) is 114 cm³/mol. The highest BCUT2D eigenvalue weighted by molar-refractivity contribution is 7.92. The molecule has 2 aromatic carbocycles. The molecule has 0 spiro atoms. The highest BCUT2D eigenvalue weighted by Gasteiger charge is 2.31. The Morgan fingerprint density at radius 3 is 2.66 bits per heavy atom. The number of halogens is 2. The average Bonchev–Trinajstić information content (AvgIpc) is 2.73. The number of nitrogens with zero attached hydrogens (tertiary/aromatic N) is 2. The number of hydrogen-bond donors (Lipinski definition) is 0. The van der Waals surface area contributed by atoms with Crippen LogP contribution in [0.4, 0.5) is 4.39 Å². The lowest BCUT2D eigenvalue weighted by atomic mass is 10.1. The van der Waals surface area contributed by atoms with Gasteiger partial charge in [-0.1, -0.05) is 23.7 Å². The zero-order valence-corrected chi connectivity index (χ0v) is 17.5. The third kappa shape index (κ3) is 4.44. The lowest BCUT2D eigenvalue weighted by Crippen LogP contribution is -2.40. The molecule has 0 bridgehead atoms. The van der Waals surface area contributed by atoms with Crippen LogP contribution in [-0.2, 0) is 16.3 Å². The second-order valence-electron chi connectivity index (χ2n) is 7.43. The van der Waals surface area contributed by atoms with Crippen LogP contribution < -0.4 is 0 Å². The van der Waals surface area contributed by atoms with Gasteiger partial charge in [0.05, 0.1) is 15.7 Å². The molecule has 4 nitrogen and oxygen atoms in total. The van der Waals surface area contributed by atoms with Crippen LogP contribution in [0.3, 0.4) is 0 Å². The van der Waals surface area contributed by atoms with Crippen LogP contribution in [0.5, 0.6) is 0 Å². The molecule has 0 N–H and O–H groups in total. The minimum absolute atomic E-state index is 0.339. The summed E-state index contributed by atoms with van der Waals surface area (Å²) in [4.78, 5) is 6.87. The van der Waals surface area contributed by atoms with Gasteiger partial charge in [0.15, 0.2) is 9.84 Å². The smallest absolute Gasteiger partial charge is 0.181 e. The maximum absolute atomic E-state index is 13.2. The summed E-state index contributed by atoms with van der Waals surface area (Å²) < 4.78 is 39.4. The van der Waals surface area contributed by atoms with Crippen molar-refractivity contribution >= 4 is 32.3 Å². The molecular weight excluding hydrogens is 411 g/mol. The number of sulfone groups is 1. The molecule has 1 aromatic heterocycles. The van der Waals surface area contributed by atoms with Crippen molar-refractivity contribution in [1.29, 1.82) is 0 Å². The molecule has 3 aromatic rings. The fourth-order valence-electron chi connectivity index (χ4n) is 3.87. The van der Waals surface area contributed by atoms with Gasteiger partial charge < -0.3 is 4.90 Å². The van der Waals surface area contributed by atoms with Crippen LogP contribution in [0.1, 0.15) is 18.4 Å². The Balaban J connectivity index is 1.39. The van der Waals surface area contributed by atoms with Gasteiger partial charge in [-0.25, -0.2) is 12.8 Å². The van der Waals surface area contributed by atoms with Crippen LogP contribution in [0.2, 0.25) is 5.02 Å². The van der Waals surface area contributed by atoms with E-state index in [1.54, 1.807) is 30.5 Å². The molecule has 0 saturated carbocycles. The van der Waals surface area contributed by atoms with E-state index < -0.39 is 9.84 Å². The molecule has 1 saturated heterocycles. The first-order chi connectivity index (χ1) is 13.9. The summed E-state index contributed by atoms with van der Waals surface area (Å²) in [5.74, 6) is -0.339. The second-order valence-corrected chi connectivity index (χ2v) is 10.1. The molecule has 4 rings (SSSR count). The third-order valence-electron chi connectivity index (χ3n) is 5.59. The zero-order chi connectivity index (χ0) is 20.4. The predicted octanol–water partition coefficient (Wildman–Crippen LogP) is 4.51. The number of pyridine rings is 1. The molecule has 0 unspecified atom stereocenters. The van der Waals surface area contributed by atoms with Crippen LogP contribution in [0, 0.1) is 5.82 Å². The van der Waals surface area contributed by atoms with Crippen LogP contribution in [0.25, 0.3) is 10.9 Å². The van der Waals surface area contributed by atoms with Gasteiger partial charge >= 0.3 is 0 Å². The molecule has 29 heavy (non-hydrogen) atoms. The Hall–Kier alpha value is -2.02. The minimum Gasteiger partial charge on any atom is -0.303 e. The SMILES string of the molecule is O=S(=O)(c1ccc2ncccc2c1)C1CCN(CCc2ccc(F)cc2Cl)CC1. The Morgan fingerprint density at radius 1 is 1.10 bits per heavy atom. The van der Waals surface area contributed by atoms with Gasteiger partial charge in [0.1, 0.15) is 5.82 Å². The number of rotatable bonds is 5. The number of likely N-dealkylation sites (tertiary alicyclic amines) is 1. The van der Waals surface area contributed by atoms with Crippen molar-refractivity contribution in [3.8, 4) is 0 Å². The Morgan fingerprint density at radius 2 is 1.90 bits per heavy atom. The van der Waals surface area contributed by atoms with Crippen molar-refractivity contribution in [2.45, 2.75) is 29.4 Å². The molecule has 152 valence electrons. The molecular formula is C22H22ClFN2O2S. The molecule has 2 heterocycles. The number of hydrogen-bond acceptors (Lipinski definition) is 4. The highest BCUT2D eigenvalue weighted by atomic mass is 35.5. The van der Waals surface area contributed by atoms with E-state index in [-0.39, 0.29) is 11.1 Å². The van der Waals surface area contributed by atoms with Crippen molar-refractivity contribution in [3.05, 3.63) is 71.1 Å². The lowest BCUT2D eigenvalue weighted by molar-refractivity contribution is 0.232. The summed E-state index contributed by atoms with van der Waals surface area (Å²) in [5, 5.41) is 0.901. The lowest BCUT2D eigenvalue weighted by Gasteiger charge is -2.31. The van der Waals surface area contributed by atoms with Gasteiger partial charge in [0, 0.05) is 23.2 Å². The van der Waals surface area contributed by atoms with E-state index in [4.69, 9.17) is 11.6 Å². The first kappa shape index (κ1) is 20.3. The van der Waals surface area contributed by atoms with Gasteiger partial charge in [-0.2, -0.15) is 0 Å². The second kappa shape index (κ2) is 8.38. The van der Waals surface area contributed by atoms with Crippen molar-refractivity contribution in [2.75, 3.05) is 19.6 Å². The average molecular weight is 433 g/mol. The summed E-state index contributed by atoms with van der Waals surface area (Å²) in [5.41, 5.74) is 1.70. The first-order valence-corrected chi connectivity index (χ1v) is 11.6. The van der Waals surface area contributed by atoms with E-state index in [0.717, 1.165) is 36.1 Å². The summed E-state index contributed by atoms with van der Waals surface area (Å²) in [6, 6.07) is 13.3. The molecule has 1 aliphatic heterocycles. The highest BCUT2D eigenvalue weighted by Crippen LogP contribution is 2.27. The number of fused-ring (bicyclic) bond motifs is 1. The first-order valence-electron chi connectivity index (χ1n) is 9.68. The molecule has 0 radical (unpaired) electrons. The van der Waals surface area contributed by atoms with Crippen LogP contribution in [0.15, 0.2) is 59.6 Å². The molecule has 0 aliphatic carbocycles. The van der Waals surface area contributed by atoms with Crippen LogP contribution in [-0.4, -0.2) is 43.2 Å². The van der Waals surface area contributed by atoms with E-state index in [2.05, 4.69) is 9.88 Å². The van der Waals surface area contributed by atoms with Crippen molar-refractivity contribution < 1.29 is 12.8 Å². The fourth-order valence-corrected chi connectivity index (χ4v) is 5.90. The van der Waals surface area contributed by atoms with Crippen molar-refractivity contribution in [3.63, 3.8) is 0 Å². The molecule has 0 atom stereocenters. The van der Waals surface area contributed by atoms with E-state index >= 15 is 0 Å². The standard InChI is InChI=1S/C22H22ClFN2O2S/c23-21-15-18(24)4-3-16(21)7-11-26-12-8-19(9-13-26)29(27,28)20-5-6-22-17(14-20)2-1-10-25-22/h1-6,10,14-15,19H,7-9,11-13H2. The molecule has 1 fully saturated rings. The van der Waals surface area contributed by atoms with Crippen molar-refractivity contribution in [2.24, 2.45) is 0 Å². The van der Waals surface area contributed by atoms with Gasteiger partial charge in [-0.15, -0.1) is 0 Å². The quantitative estimate of drug-likeness (QED) is 0.595. The fraction of sp³-hybridized carbons (Fsp3) is 0.318. The van der Waals surface area contributed by atoms with E-state index in [1.807, 2.05) is 12.1 Å². The number of aromatic nitrogens is 1. The summed E-state index contributed by atoms with van der Waals surface area (Å²) in [7, 11) is -3.37. The Kier molecular flexibility index (Phi) is 5.86. The molecule has 0 amide bonds. The Labute approximate surface area is 175 Å². The summed E-state index contributed by atoms with van der Waals surface area (Å²) in [6.07, 6.45) is 3.62. The number of benzene rings is 2. The largest absolute Gasteiger partial charge is 0.303 e. The molecule has 7 heteroatoms. The van der Waals surface area contributed by atoms with E-state index in [9.17, 15) is 12.8 Å².